The number of amides is 1. The van der Waals surface area contributed by atoms with Crippen LogP contribution in [0, 0.1) is 6.92 Å². The molecule has 1 aromatic heterocycles. The van der Waals surface area contributed by atoms with Crippen molar-refractivity contribution in [3.63, 3.8) is 0 Å². The van der Waals surface area contributed by atoms with Gasteiger partial charge < -0.3 is 14.5 Å². The molecule has 1 aliphatic rings. The van der Waals surface area contributed by atoms with Crippen LogP contribution in [-0.2, 0) is 16.6 Å². The Balaban J connectivity index is 1.48. The molecule has 2 heterocycles. The number of carbonyl (C=O) groups is 1. The predicted molar refractivity (Wildman–Crippen MR) is 113 cm³/mol. The van der Waals surface area contributed by atoms with Crippen molar-refractivity contribution in [2.24, 2.45) is 0 Å². The fourth-order valence-electron chi connectivity index (χ4n) is 3.74. The quantitative estimate of drug-likeness (QED) is 0.649. The first-order valence-electron chi connectivity index (χ1n) is 9.84. The third-order valence-corrected chi connectivity index (χ3v) is 7.29. The van der Waals surface area contributed by atoms with E-state index in [1.807, 2.05) is 0 Å². The summed E-state index contributed by atoms with van der Waals surface area (Å²) in [5.74, 6) is 0.920. The first-order chi connectivity index (χ1) is 14.4. The summed E-state index contributed by atoms with van der Waals surface area (Å²) in [6.07, 6.45) is 1.80. The maximum absolute atomic E-state index is 12.8. The zero-order valence-electron chi connectivity index (χ0n) is 17.0. The van der Waals surface area contributed by atoms with Crippen LogP contribution in [-0.4, -0.2) is 38.8 Å². The monoisotopic (exact) mass is 428 g/mol. The summed E-state index contributed by atoms with van der Waals surface area (Å²) in [6.45, 7) is 3.17. The highest BCUT2D eigenvalue weighted by atomic mass is 32.2. The summed E-state index contributed by atoms with van der Waals surface area (Å²) >= 11 is 0. The molecule has 0 atom stereocenters. The second-order valence-corrected chi connectivity index (χ2v) is 9.27. The van der Waals surface area contributed by atoms with Gasteiger partial charge in [-0.15, -0.1) is 0 Å². The molecule has 2 aromatic carbocycles. The van der Waals surface area contributed by atoms with E-state index in [4.69, 9.17) is 9.15 Å². The van der Waals surface area contributed by atoms with Crippen LogP contribution in [0.2, 0.25) is 0 Å². The van der Waals surface area contributed by atoms with Crippen molar-refractivity contribution in [1.29, 1.82) is 0 Å². The largest absolute Gasteiger partial charge is 0.497 e. The summed E-state index contributed by atoms with van der Waals surface area (Å²) in [5.41, 5.74) is 1.90. The lowest BCUT2D eigenvalue weighted by molar-refractivity contribution is 0.0951. The van der Waals surface area contributed by atoms with Gasteiger partial charge in [-0.05, 0) is 55.7 Å². The molecule has 8 heteroatoms. The van der Waals surface area contributed by atoms with Gasteiger partial charge in [-0.3, -0.25) is 4.79 Å². The molecule has 0 aliphatic carbocycles. The van der Waals surface area contributed by atoms with Crippen molar-refractivity contribution >= 4 is 26.9 Å². The van der Waals surface area contributed by atoms with E-state index in [1.165, 1.54) is 4.31 Å². The zero-order chi connectivity index (χ0) is 21.3. The highest BCUT2D eigenvalue weighted by Crippen LogP contribution is 2.29. The van der Waals surface area contributed by atoms with Crippen LogP contribution in [0.1, 0.15) is 34.5 Å². The minimum atomic E-state index is -3.44. The molecule has 4 rings (SSSR count). The molecule has 1 fully saturated rings. The molecule has 0 saturated carbocycles. The van der Waals surface area contributed by atoms with Gasteiger partial charge in [0.2, 0.25) is 10.0 Å². The van der Waals surface area contributed by atoms with Crippen LogP contribution in [0.15, 0.2) is 51.8 Å². The van der Waals surface area contributed by atoms with Gasteiger partial charge in [0.25, 0.3) is 5.91 Å². The first-order valence-corrected chi connectivity index (χ1v) is 11.3. The van der Waals surface area contributed by atoms with Gasteiger partial charge >= 0.3 is 0 Å². The van der Waals surface area contributed by atoms with E-state index in [0.29, 0.717) is 41.1 Å². The minimum Gasteiger partial charge on any atom is -0.497 e. The Morgan fingerprint density at radius 3 is 2.50 bits per heavy atom. The lowest BCUT2D eigenvalue weighted by Crippen LogP contribution is -2.28. The summed E-state index contributed by atoms with van der Waals surface area (Å²) in [7, 11) is -1.87. The van der Waals surface area contributed by atoms with Gasteiger partial charge in [-0.1, -0.05) is 12.1 Å². The molecule has 0 unspecified atom stereocenters. The Morgan fingerprint density at radius 1 is 1.13 bits per heavy atom. The molecular weight excluding hydrogens is 404 g/mol. The van der Waals surface area contributed by atoms with E-state index in [-0.39, 0.29) is 17.3 Å². The number of fused-ring (bicyclic) bond motifs is 1. The number of carbonyl (C=O) groups excluding carboxylic acids is 1. The maximum atomic E-state index is 12.8. The van der Waals surface area contributed by atoms with Crippen LogP contribution in [0.3, 0.4) is 0 Å². The van der Waals surface area contributed by atoms with Gasteiger partial charge in [0.1, 0.15) is 17.1 Å². The lowest BCUT2D eigenvalue weighted by Gasteiger charge is -2.15. The molecule has 0 radical (unpaired) electrons. The molecule has 3 aromatic rings. The maximum Gasteiger partial charge on any atom is 0.255 e. The van der Waals surface area contributed by atoms with Gasteiger partial charge in [-0.2, -0.15) is 4.31 Å². The van der Waals surface area contributed by atoms with E-state index >= 15 is 0 Å². The third kappa shape index (κ3) is 3.80. The molecular formula is C22H24N2O5S. The Hall–Kier alpha value is -2.84. The first kappa shape index (κ1) is 20.4. The second-order valence-electron chi connectivity index (χ2n) is 7.33. The summed E-state index contributed by atoms with van der Waals surface area (Å²) in [5, 5.41) is 3.58. The number of hydrogen-bond acceptors (Lipinski definition) is 5. The van der Waals surface area contributed by atoms with E-state index in [1.54, 1.807) is 56.5 Å². The molecule has 0 bridgehead atoms. The van der Waals surface area contributed by atoms with E-state index in [9.17, 15) is 13.2 Å². The van der Waals surface area contributed by atoms with Crippen molar-refractivity contribution in [3.05, 3.63) is 59.4 Å². The average Bonchev–Trinajstić information content (AvgIpc) is 3.39. The molecule has 1 N–H and O–H groups in total. The average molecular weight is 429 g/mol. The summed E-state index contributed by atoms with van der Waals surface area (Å²) in [6, 6.07) is 12.0. The normalized spacial score (nSPS) is 14.9. The number of rotatable bonds is 6. The second kappa shape index (κ2) is 8.12. The third-order valence-electron chi connectivity index (χ3n) is 5.38. The highest BCUT2D eigenvalue weighted by molar-refractivity contribution is 7.89. The van der Waals surface area contributed by atoms with Crippen LogP contribution in [0.5, 0.6) is 5.75 Å². The summed E-state index contributed by atoms with van der Waals surface area (Å²) in [4.78, 5) is 13.1. The zero-order valence-corrected chi connectivity index (χ0v) is 17.8. The summed E-state index contributed by atoms with van der Waals surface area (Å²) < 4.78 is 37.7. The molecule has 0 spiro atoms. The minimum absolute atomic E-state index is 0.256. The van der Waals surface area contributed by atoms with Gasteiger partial charge in [0.15, 0.2) is 0 Å². The van der Waals surface area contributed by atoms with Crippen molar-refractivity contribution in [2.45, 2.75) is 31.2 Å². The molecule has 1 amide bonds. The van der Waals surface area contributed by atoms with Crippen LogP contribution in [0.25, 0.3) is 11.0 Å². The molecule has 1 saturated heterocycles. The number of benzene rings is 2. The number of ether oxygens (including phenoxy) is 1. The van der Waals surface area contributed by atoms with E-state index in [2.05, 4.69) is 5.32 Å². The standard InChI is InChI=1S/C22H24N2O5S/c1-15-21(19-13-17(28-2)7-10-20(19)29-15)22(25)23-14-16-5-8-18(9-6-16)30(26,27)24-11-3-4-12-24/h5-10,13H,3-4,11-12,14H2,1-2H3,(H,23,25). The molecule has 158 valence electrons. The number of aryl methyl sites for hydroxylation is 1. The Kier molecular flexibility index (Phi) is 5.53. The fraction of sp³-hybridized carbons (Fsp3) is 0.318. The van der Waals surface area contributed by atoms with Crippen LogP contribution < -0.4 is 10.1 Å². The highest BCUT2D eigenvalue weighted by Gasteiger charge is 2.27. The number of sulfonamides is 1. The number of hydrogen-bond donors (Lipinski definition) is 1. The molecule has 30 heavy (non-hydrogen) atoms. The SMILES string of the molecule is COc1ccc2oc(C)c(C(=O)NCc3ccc(S(=O)(=O)N4CCCC4)cc3)c2c1. The van der Waals surface area contributed by atoms with Gasteiger partial charge in [-0.25, -0.2) is 8.42 Å². The Labute approximate surface area is 175 Å². The Morgan fingerprint density at radius 2 is 1.83 bits per heavy atom. The van der Waals surface area contributed by atoms with Crippen LogP contribution in [0.4, 0.5) is 0 Å². The van der Waals surface area contributed by atoms with Gasteiger partial charge in [0, 0.05) is 25.0 Å². The number of methoxy groups -OCH3 is 1. The van der Waals surface area contributed by atoms with Crippen molar-refractivity contribution in [3.8, 4) is 5.75 Å². The predicted octanol–water partition coefficient (Wildman–Crippen LogP) is 3.46. The van der Waals surface area contributed by atoms with Crippen molar-refractivity contribution < 1.29 is 22.4 Å². The molecule has 7 nitrogen and oxygen atoms in total. The van der Waals surface area contributed by atoms with Crippen molar-refractivity contribution in [1.82, 2.24) is 9.62 Å². The van der Waals surface area contributed by atoms with Crippen LogP contribution >= 0.6 is 0 Å². The number of nitrogens with one attached hydrogen (secondary N) is 1. The number of nitrogens with zero attached hydrogens (tertiary/aromatic N) is 1. The van der Waals surface area contributed by atoms with E-state index in [0.717, 1.165) is 18.4 Å². The molecule has 1 aliphatic heterocycles. The smallest absolute Gasteiger partial charge is 0.255 e. The fourth-order valence-corrected chi connectivity index (χ4v) is 5.25. The van der Waals surface area contributed by atoms with Crippen molar-refractivity contribution in [2.75, 3.05) is 20.2 Å². The van der Waals surface area contributed by atoms with Gasteiger partial charge in [0.05, 0.1) is 17.6 Å². The lowest BCUT2D eigenvalue weighted by atomic mass is 10.1. The number of furan rings is 1. The van der Waals surface area contributed by atoms with E-state index < -0.39 is 10.0 Å². The topological polar surface area (TPSA) is 88.8 Å². The Bertz CT molecular complexity index is 1180.